The monoisotopic (exact) mass is 374 g/mol. The van der Waals surface area contributed by atoms with E-state index in [1.54, 1.807) is 0 Å². The molecule has 12 heavy (non-hydrogen) atoms. The van der Waals surface area contributed by atoms with E-state index in [4.69, 9.17) is 13.5 Å². The first-order valence-electron chi connectivity index (χ1n) is 3.79. The zero-order valence-electron chi connectivity index (χ0n) is 6.61. The molecule has 0 aliphatic rings. The third-order valence-electron chi connectivity index (χ3n) is 1.67. The van der Waals surface area contributed by atoms with Crippen molar-refractivity contribution in [1.29, 1.82) is 0 Å². The molecule has 62 valence electrons. The second-order valence-corrected chi connectivity index (χ2v) is 9.51. The summed E-state index contributed by atoms with van der Waals surface area (Å²) in [7, 11) is 5.76. The second-order valence-electron chi connectivity index (χ2n) is 2.48. The Bertz CT molecular complexity index is 218. The average Bonchev–Trinajstić information content (AvgIpc) is 2.15. The van der Waals surface area contributed by atoms with Crippen molar-refractivity contribution >= 4 is 8.25 Å². The predicted molar refractivity (Wildman–Crippen MR) is 43.6 cm³/mol. The number of benzene rings is 1. The molecule has 0 spiro atoms. The number of hydrogen-bond donors (Lipinski definition) is 1. The summed E-state index contributed by atoms with van der Waals surface area (Å²) in [5.41, 5.74) is 1.00. The summed E-state index contributed by atoms with van der Waals surface area (Å²) in [6.07, 6.45) is -0.203. The van der Waals surface area contributed by atoms with E-state index in [9.17, 15) is 0 Å². The van der Waals surface area contributed by atoms with Gasteiger partial charge < -0.3 is 0 Å². The van der Waals surface area contributed by atoms with Gasteiger partial charge in [0, 0.05) is 0 Å². The fourth-order valence-electron chi connectivity index (χ4n) is 1.05. The van der Waals surface area contributed by atoms with Gasteiger partial charge in [-0.3, -0.25) is 0 Å². The average molecular weight is 373 g/mol. The van der Waals surface area contributed by atoms with Crippen LogP contribution < -0.4 is 0 Å². The Hall–Kier alpha value is 0.365. The fourth-order valence-corrected chi connectivity index (χ4v) is 5.26. The second kappa shape index (κ2) is 5.92. The molecule has 0 radical (unpaired) electrons. The third kappa shape index (κ3) is 3.01. The summed E-state index contributed by atoms with van der Waals surface area (Å²) in [5.74, 6) is 0. The Kier molecular flexibility index (Phi) is 5.15. The van der Waals surface area contributed by atoms with Gasteiger partial charge in [-0.25, -0.2) is 0 Å². The number of rotatable bonds is 4. The summed E-state index contributed by atoms with van der Waals surface area (Å²) >= 11 is -1.25. The maximum atomic E-state index is 8.59. The molecule has 1 unspecified atom stereocenters. The van der Waals surface area contributed by atoms with Crippen LogP contribution in [0.15, 0.2) is 30.3 Å². The van der Waals surface area contributed by atoms with Gasteiger partial charge >= 0.3 is 87.7 Å². The van der Waals surface area contributed by atoms with Gasteiger partial charge in [0.2, 0.25) is 0 Å². The molecule has 1 rings (SSSR count). The van der Waals surface area contributed by atoms with Crippen molar-refractivity contribution in [2.75, 3.05) is 0 Å². The van der Waals surface area contributed by atoms with Crippen molar-refractivity contribution in [3.63, 3.8) is 0 Å². The van der Waals surface area contributed by atoms with Crippen molar-refractivity contribution in [2.45, 2.75) is 10.0 Å². The van der Waals surface area contributed by atoms with Crippen LogP contribution in [0, 0.1) is 0 Å². The summed E-state index contributed by atoms with van der Waals surface area (Å²) in [4.78, 5) is 4.35. The molecule has 0 aliphatic carbocycles. The quantitative estimate of drug-likeness (QED) is 0.500. The van der Waals surface area contributed by atoms with Crippen LogP contribution in [0.5, 0.6) is 0 Å². The Morgan fingerprint density at radius 2 is 2.08 bits per heavy atom. The first-order valence-corrected chi connectivity index (χ1v) is 14.4. The molecule has 0 amide bonds. The SMILES string of the molecule is OOC([CH2][Hg][Cl])c1ccccc1. The Balaban J connectivity index is 2.66. The Morgan fingerprint density at radius 3 is 2.58 bits per heavy atom. The van der Waals surface area contributed by atoms with Gasteiger partial charge in [0.15, 0.2) is 0 Å². The van der Waals surface area contributed by atoms with Gasteiger partial charge in [-0.2, -0.15) is 0 Å². The molecule has 1 N–H and O–H groups in total. The van der Waals surface area contributed by atoms with Crippen molar-refractivity contribution in [1.82, 2.24) is 0 Å². The van der Waals surface area contributed by atoms with Gasteiger partial charge in [-0.05, 0) is 0 Å². The van der Waals surface area contributed by atoms with E-state index in [2.05, 4.69) is 4.89 Å². The molecule has 0 bridgehead atoms. The van der Waals surface area contributed by atoms with Crippen molar-refractivity contribution in [3.8, 4) is 0 Å². The Labute approximate surface area is 87.3 Å². The van der Waals surface area contributed by atoms with Crippen LogP contribution in [0.4, 0.5) is 0 Å². The molecule has 0 fully saturated rings. The summed E-state index contributed by atoms with van der Waals surface area (Å²) in [5, 5.41) is 8.59. The first-order chi connectivity index (χ1) is 5.88. The van der Waals surface area contributed by atoms with Crippen LogP contribution >= 0.6 is 8.25 Å². The van der Waals surface area contributed by atoms with Crippen molar-refractivity contribution in [2.24, 2.45) is 0 Å². The molecule has 0 saturated heterocycles. The summed E-state index contributed by atoms with van der Waals surface area (Å²) in [6, 6.07) is 9.64. The van der Waals surface area contributed by atoms with Gasteiger partial charge in [0.1, 0.15) is 0 Å². The standard InChI is InChI=1S/C8H9O2.ClH.Hg/c1-7(10-9)8-5-3-2-4-6-8;;/h2-7,9H,1H2;1H;/q;;+1/p-1. The van der Waals surface area contributed by atoms with E-state index >= 15 is 0 Å². The van der Waals surface area contributed by atoms with Crippen molar-refractivity contribution < 1.29 is 33.5 Å². The van der Waals surface area contributed by atoms with E-state index in [1.165, 1.54) is 0 Å². The minimum absolute atomic E-state index is 0.203. The van der Waals surface area contributed by atoms with Crippen LogP contribution in [-0.2, 0) is 28.2 Å². The van der Waals surface area contributed by atoms with Crippen LogP contribution in [0.25, 0.3) is 0 Å². The van der Waals surface area contributed by atoms with Crippen molar-refractivity contribution in [3.05, 3.63) is 35.9 Å². The molecule has 0 saturated carbocycles. The molecule has 1 aromatic rings. The van der Waals surface area contributed by atoms with E-state index in [-0.39, 0.29) is 6.10 Å². The maximum absolute atomic E-state index is 8.59. The molecule has 2 nitrogen and oxygen atoms in total. The molecular formula is C8H9ClHgO2. The van der Waals surface area contributed by atoms with Crippen LogP contribution in [-0.4, -0.2) is 5.26 Å². The Morgan fingerprint density at radius 1 is 1.42 bits per heavy atom. The van der Waals surface area contributed by atoms with Gasteiger partial charge in [-0.15, -0.1) is 0 Å². The molecule has 1 atom stereocenters. The molecule has 1 aromatic carbocycles. The molecule has 0 aromatic heterocycles. The summed E-state index contributed by atoms with van der Waals surface area (Å²) in [6.45, 7) is 0. The molecular weight excluding hydrogens is 364 g/mol. The topological polar surface area (TPSA) is 29.5 Å². The summed E-state index contributed by atoms with van der Waals surface area (Å²) < 4.78 is 0.835. The van der Waals surface area contributed by atoms with Gasteiger partial charge in [-0.1, -0.05) is 0 Å². The van der Waals surface area contributed by atoms with E-state index in [0.29, 0.717) is 0 Å². The van der Waals surface area contributed by atoms with Crippen LogP contribution in [0.1, 0.15) is 11.7 Å². The minimum atomic E-state index is -1.25. The van der Waals surface area contributed by atoms with E-state index < -0.39 is 23.3 Å². The van der Waals surface area contributed by atoms with Crippen LogP contribution in [0.3, 0.4) is 0 Å². The van der Waals surface area contributed by atoms with Crippen LogP contribution in [0.2, 0.25) is 3.93 Å². The molecule has 0 aliphatic heterocycles. The molecule has 0 heterocycles. The van der Waals surface area contributed by atoms with Gasteiger partial charge in [0.05, 0.1) is 0 Å². The predicted octanol–water partition coefficient (Wildman–Crippen LogP) is 2.87. The zero-order chi connectivity index (χ0) is 8.81. The molecule has 4 heteroatoms. The number of halogens is 1. The van der Waals surface area contributed by atoms with Gasteiger partial charge in [0.25, 0.3) is 0 Å². The van der Waals surface area contributed by atoms with E-state index in [0.717, 1.165) is 9.49 Å². The number of hydrogen-bond acceptors (Lipinski definition) is 2. The zero-order valence-corrected chi connectivity index (χ0v) is 12.9. The third-order valence-corrected chi connectivity index (χ3v) is 6.47. The normalized spacial score (nSPS) is 12.2. The first kappa shape index (κ1) is 10.4. The van der Waals surface area contributed by atoms with E-state index in [1.807, 2.05) is 30.3 Å². The fraction of sp³-hybridized carbons (Fsp3) is 0.250.